The highest BCUT2D eigenvalue weighted by molar-refractivity contribution is 5.70. The molecule has 2 aromatic carbocycles. The van der Waals surface area contributed by atoms with Crippen molar-refractivity contribution < 1.29 is 18.4 Å². The normalized spacial score (nSPS) is 20.7. The minimum absolute atomic E-state index is 0.237. The summed E-state index contributed by atoms with van der Waals surface area (Å²) in [5.74, 6) is -0.0544. The van der Waals surface area contributed by atoms with Crippen LogP contribution < -0.4 is 20.0 Å². The van der Waals surface area contributed by atoms with E-state index in [0.717, 1.165) is 69.6 Å². The molecule has 4 heterocycles. The van der Waals surface area contributed by atoms with E-state index >= 15 is 0 Å². The van der Waals surface area contributed by atoms with Gasteiger partial charge in [0.1, 0.15) is 17.9 Å². The SMILES string of the molecule is COc1cc(N2CCC(N3CCN(C(C)C)CC3)CC2)ccc1Nc1cc(N2OCC[C@@H]2c2cccc(F)c2F)ncn1. The number of methoxy groups -OCH3 is 1. The maximum Gasteiger partial charge on any atom is 0.164 e. The molecular formula is C32H41F2N7O2. The molecule has 0 spiro atoms. The molecule has 3 saturated heterocycles. The Balaban J connectivity index is 1.10. The zero-order chi connectivity index (χ0) is 29.9. The lowest BCUT2D eigenvalue weighted by Crippen LogP contribution is -2.54. The molecule has 3 aromatic rings. The van der Waals surface area contributed by atoms with Crippen molar-refractivity contribution in [2.75, 3.05) is 68.3 Å². The van der Waals surface area contributed by atoms with Crippen molar-refractivity contribution in [3.05, 3.63) is 66.0 Å². The van der Waals surface area contributed by atoms with Gasteiger partial charge >= 0.3 is 0 Å². The zero-order valence-electron chi connectivity index (χ0n) is 25.2. The minimum Gasteiger partial charge on any atom is -0.494 e. The highest BCUT2D eigenvalue weighted by Gasteiger charge is 2.32. The molecule has 1 atom stereocenters. The first-order valence-corrected chi connectivity index (χ1v) is 15.3. The molecule has 0 radical (unpaired) electrons. The summed E-state index contributed by atoms with van der Waals surface area (Å²) in [4.78, 5) is 22.2. The lowest BCUT2D eigenvalue weighted by atomic mass is 10.0. The van der Waals surface area contributed by atoms with Gasteiger partial charge in [-0.1, -0.05) is 12.1 Å². The highest BCUT2D eigenvalue weighted by atomic mass is 19.2. The van der Waals surface area contributed by atoms with Crippen LogP contribution in [-0.4, -0.2) is 84.8 Å². The number of anilines is 4. The number of piperazine rings is 1. The summed E-state index contributed by atoms with van der Waals surface area (Å²) >= 11 is 0. The number of halogens is 2. The fraction of sp³-hybridized carbons (Fsp3) is 0.500. The summed E-state index contributed by atoms with van der Waals surface area (Å²) in [6, 6.07) is 12.9. The Labute approximate surface area is 252 Å². The maximum atomic E-state index is 14.6. The molecule has 1 N–H and O–H groups in total. The number of ether oxygens (including phenoxy) is 1. The molecule has 0 saturated carbocycles. The molecule has 11 heteroatoms. The van der Waals surface area contributed by atoms with E-state index in [-0.39, 0.29) is 5.56 Å². The number of nitrogens with zero attached hydrogens (tertiary/aromatic N) is 6. The van der Waals surface area contributed by atoms with Gasteiger partial charge in [-0.2, -0.15) is 0 Å². The van der Waals surface area contributed by atoms with Crippen molar-refractivity contribution >= 4 is 23.0 Å². The van der Waals surface area contributed by atoms with E-state index in [0.29, 0.717) is 42.5 Å². The van der Waals surface area contributed by atoms with Crippen molar-refractivity contribution in [1.82, 2.24) is 19.8 Å². The third kappa shape index (κ3) is 6.39. The molecule has 230 valence electrons. The van der Waals surface area contributed by atoms with Crippen LogP contribution in [-0.2, 0) is 4.84 Å². The van der Waals surface area contributed by atoms with Gasteiger partial charge < -0.3 is 15.0 Å². The van der Waals surface area contributed by atoms with Gasteiger partial charge in [-0.15, -0.1) is 0 Å². The molecule has 6 rings (SSSR count). The second kappa shape index (κ2) is 13.0. The van der Waals surface area contributed by atoms with Crippen molar-refractivity contribution in [3.63, 3.8) is 0 Å². The van der Waals surface area contributed by atoms with Gasteiger partial charge in [-0.3, -0.25) is 14.6 Å². The molecular weight excluding hydrogens is 552 g/mol. The molecule has 3 aliphatic heterocycles. The Morgan fingerprint density at radius 2 is 1.74 bits per heavy atom. The number of piperidine rings is 1. The fourth-order valence-electron chi connectivity index (χ4n) is 6.52. The van der Waals surface area contributed by atoms with E-state index in [1.54, 1.807) is 19.2 Å². The van der Waals surface area contributed by atoms with Crippen LogP contribution in [0, 0.1) is 11.6 Å². The smallest absolute Gasteiger partial charge is 0.164 e. The number of aromatic nitrogens is 2. The van der Waals surface area contributed by atoms with Crippen LogP contribution in [0.5, 0.6) is 5.75 Å². The highest BCUT2D eigenvalue weighted by Crippen LogP contribution is 2.37. The topological polar surface area (TPSA) is 69.2 Å². The predicted molar refractivity (Wildman–Crippen MR) is 164 cm³/mol. The Hall–Kier alpha value is -3.54. The van der Waals surface area contributed by atoms with Crippen molar-refractivity contribution in [2.24, 2.45) is 0 Å². The van der Waals surface area contributed by atoms with E-state index in [1.807, 2.05) is 6.07 Å². The van der Waals surface area contributed by atoms with Crippen LogP contribution in [0.1, 0.15) is 44.7 Å². The largest absolute Gasteiger partial charge is 0.494 e. The molecule has 0 amide bonds. The average molecular weight is 594 g/mol. The first-order valence-electron chi connectivity index (χ1n) is 15.3. The third-order valence-corrected chi connectivity index (χ3v) is 9.00. The van der Waals surface area contributed by atoms with Gasteiger partial charge in [0.05, 0.1) is 25.4 Å². The Bertz CT molecular complexity index is 1390. The second-order valence-corrected chi connectivity index (χ2v) is 11.8. The molecule has 43 heavy (non-hydrogen) atoms. The Morgan fingerprint density at radius 3 is 2.49 bits per heavy atom. The number of hydroxylamine groups is 1. The standard InChI is InChI=1S/C32H41F2N7O2/c1-22(2)38-14-16-40(17-15-38)23-9-12-39(13-10-23)24-7-8-27(29(19-24)42-3)37-30-20-31(36-21-35-30)41-28(11-18-43-41)25-5-4-6-26(33)32(25)34/h4-8,19-23,28H,9-18H2,1-3H3,(H,35,36,37)/t28-/m1/s1. The third-order valence-electron chi connectivity index (χ3n) is 9.00. The van der Waals surface area contributed by atoms with Crippen LogP contribution in [0.3, 0.4) is 0 Å². The van der Waals surface area contributed by atoms with Crippen molar-refractivity contribution in [2.45, 2.75) is 51.2 Å². The average Bonchev–Trinajstić information content (AvgIpc) is 3.53. The minimum atomic E-state index is -0.880. The zero-order valence-corrected chi connectivity index (χ0v) is 25.2. The quantitative estimate of drug-likeness (QED) is 0.371. The molecule has 0 unspecified atom stereocenters. The van der Waals surface area contributed by atoms with Gasteiger partial charge in [0.15, 0.2) is 17.5 Å². The molecule has 1 aromatic heterocycles. The number of rotatable bonds is 8. The second-order valence-electron chi connectivity index (χ2n) is 11.8. The number of nitrogens with one attached hydrogen (secondary N) is 1. The van der Waals surface area contributed by atoms with Crippen LogP contribution in [0.15, 0.2) is 48.8 Å². The number of hydrogen-bond donors (Lipinski definition) is 1. The lowest BCUT2D eigenvalue weighted by Gasteiger charge is -2.44. The number of hydrogen-bond acceptors (Lipinski definition) is 9. The summed E-state index contributed by atoms with van der Waals surface area (Å²) in [7, 11) is 1.66. The maximum absolute atomic E-state index is 14.6. The molecule has 0 bridgehead atoms. The Kier molecular flexibility index (Phi) is 8.92. The number of benzene rings is 2. The van der Waals surface area contributed by atoms with Gasteiger partial charge in [0.2, 0.25) is 0 Å². The lowest BCUT2D eigenvalue weighted by molar-refractivity contribution is 0.0692. The van der Waals surface area contributed by atoms with E-state index in [2.05, 4.69) is 56.0 Å². The summed E-state index contributed by atoms with van der Waals surface area (Å²) in [6.45, 7) is 11.6. The van der Waals surface area contributed by atoms with Crippen LogP contribution in [0.2, 0.25) is 0 Å². The van der Waals surface area contributed by atoms with Crippen LogP contribution in [0.4, 0.5) is 31.8 Å². The predicted octanol–water partition coefficient (Wildman–Crippen LogP) is 5.38. The summed E-state index contributed by atoms with van der Waals surface area (Å²) < 4.78 is 34.3. The van der Waals surface area contributed by atoms with Crippen LogP contribution >= 0.6 is 0 Å². The first-order chi connectivity index (χ1) is 20.9. The van der Waals surface area contributed by atoms with Crippen LogP contribution in [0.25, 0.3) is 0 Å². The molecule has 3 aliphatic rings. The monoisotopic (exact) mass is 593 g/mol. The summed E-state index contributed by atoms with van der Waals surface area (Å²) in [5, 5.41) is 4.86. The van der Waals surface area contributed by atoms with Crippen molar-refractivity contribution in [3.8, 4) is 5.75 Å². The van der Waals surface area contributed by atoms with E-state index in [4.69, 9.17) is 9.57 Å². The van der Waals surface area contributed by atoms with E-state index < -0.39 is 17.7 Å². The van der Waals surface area contributed by atoms with Crippen molar-refractivity contribution in [1.29, 1.82) is 0 Å². The molecule has 9 nitrogen and oxygen atoms in total. The van der Waals surface area contributed by atoms with E-state index in [9.17, 15) is 8.78 Å². The van der Waals surface area contributed by atoms with E-state index in [1.165, 1.54) is 17.5 Å². The first kappa shape index (κ1) is 29.5. The van der Waals surface area contributed by atoms with Gasteiger partial charge in [0, 0.05) is 81.2 Å². The fourth-order valence-corrected chi connectivity index (χ4v) is 6.52. The van der Waals surface area contributed by atoms with Gasteiger partial charge in [-0.25, -0.2) is 23.8 Å². The summed E-state index contributed by atoms with van der Waals surface area (Å²) in [5.41, 5.74) is 2.14. The molecule has 3 fully saturated rings. The Morgan fingerprint density at radius 1 is 0.953 bits per heavy atom. The summed E-state index contributed by atoms with van der Waals surface area (Å²) in [6.07, 6.45) is 4.25. The van der Waals surface area contributed by atoms with Gasteiger partial charge in [0.25, 0.3) is 0 Å². The molecule has 0 aliphatic carbocycles. The van der Waals surface area contributed by atoms with Gasteiger partial charge in [-0.05, 0) is 44.9 Å².